The van der Waals surface area contributed by atoms with Gasteiger partial charge in [-0.05, 0) is 17.7 Å². The highest BCUT2D eigenvalue weighted by Gasteiger charge is 2.03. The molecule has 0 bridgehead atoms. The first-order chi connectivity index (χ1) is 5.86. The van der Waals surface area contributed by atoms with Crippen molar-refractivity contribution in [2.24, 2.45) is 0 Å². The quantitative estimate of drug-likeness (QED) is 0.710. The molecule has 0 aliphatic rings. The highest BCUT2D eigenvalue weighted by Crippen LogP contribution is 2.10. The minimum Gasteiger partial charge on any atom is -0.249 e. The van der Waals surface area contributed by atoms with E-state index in [0.717, 1.165) is 0 Å². The third-order valence-corrected chi connectivity index (χ3v) is 1.44. The van der Waals surface area contributed by atoms with Crippen LogP contribution in [0.15, 0.2) is 18.6 Å². The fourth-order valence-electron chi connectivity index (χ4n) is 0.780. The SMILES string of the molecule is Clc1nc(-c2ccncn2)n[nH]1. The van der Waals surface area contributed by atoms with E-state index in [9.17, 15) is 0 Å². The van der Waals surface area contributed by atoms with E-state index in [2.05, 4.69) is 25.1 Å². The summed E-state index contributed by atoms with van der Waals surface area (Å²) in [7, 11) is 0. The zero-order chi connectivity index (χ0) is 8.39. The fraction of sp³-hybridized carbons (Fsp3) is 0. The van der Waals surface area contributed by atoms with E-state index >= 15 is 0 Å². The lowest BCUT2D eigenvalue weighted by Gasteiger charge is -1.88. The Balaban J connectivity index is 2.45. The lowest BCUT2D eigenvalue weighted by molar-refractivity contribution is 1.07. The monoisotopic (exact) mass is 181 g/mol. The lowest BCUT2D eigenvalue weighted by Crippen LogP contribution is -1.85. The second kappa shape index (κ2) is 2.86. The molecule has 1 N–H and O–H groups in total. The number of hydrogen-bond donors (Lipinski definition) is 1. The van der Waals surface area contributed by atoms with Gasteiger partial charge in [-0.1, -0.05) is 0 Å². The lowest BCUT2D eigenvalue weighted by atomic mass is 10.4. The normalized spacial score (nSPS) is 10.1. The van der Waals surface area contributed by atoms with Crippen molar-refractivity contribution in [3.8, 4) is 11.5 Å². The van der Waals surface area contributed by atoms with E-state index in [1.54, 1.807) is 12.3 Å². The molecule has 2 aromatic rings. The summed E-state index contributed by atoms with van der Waals surface area (Å²) in [5.41, 5.74) is 0.646. The van der Waals surface area contributed by atoms with Crippen molar-refractivity contribution in [2.45, 2.75) is 0 Å². The van der Waals surface area contributed by atoms with E-state index in [-0.39, 0.29) is 5.28 Å². The Morgan fingerprint density at radius 3 is 2.92 bits per heavy atom. The highest BCUT2D eigenvalue weighted by molar-refractivity contribution is 6.28. The maximum absolute atomic E-state index is 5.54. The van der Waals surface area contributed by atoms with E-state index in [1.807, 2.05) is 0 Å². The Morgan fingerprint density at radius 2 is 2.33 bits per heavy atom. The van der Waals surface area contributed by atoms with Crippen LogP contribution in [-0.2, 0) is 0 Å². The van der Waals surface area contributed by atoms with Crippen molar-refractivity contribution < 1.29 is 0 Å². The van der Waals surface area contributed by atoms with Crippen LogP contribution in [0.25, 0.3) is 11.5 Å². The third kappa shape index (κ3) is 1.26. The topological polar surface area (TPSA) is 67.3 Å². The van der Waals surface area contributed by atoms with Gasteiger partial charge in [0.1, 0.15) is 12.0 Å². The molecule has 0 radical (unpaired) electrons. The molecule has 0 unspecified atom stereocenters. The zero-order valence-electron chi connectivity index (χ0n) is 5.90. The third-order valence-electron chi connectivity index (χ3n) is 1.27. The molecule has 2 heterocycles. The number of aromatic amines is 1. The Kier molecular flexibility index (Phi) is 1.71. The summed E-state index contributed by atoms with van der Waals surface area (Å²) in [6.07, 6.45) is 3.05. The number of nitrogens with zero attached hydrogens (tertiary/aromatic N) is 4. The first-order valence-electron chi connectivity index (χ1n) is 3.20. The maximum atomic E-state index is 5.54. The van der Waals surface area contributed by atoms with Crippen LogP contribution in [0.2, 0.25) is 5.28 Å². The van der Waals surface area contributed by atoms with Gasteiger partial charge in [-0.15, -0.1) is 0 Å². The van der Waals surface area contributed by atoms with Crippen molar-refractivity contribution in [3.05, 3.63) is 23.9 Å². The molecule has 0 aliphatic carbocycles. The Hall–Kier alpha value is -1.49. The fourth-order valence-corrected chi connectivity index (χ4v) is 0.902. The van der Waals surface area contributed by atoms with Crippen LogP contribution in [0.5, 0.6) is 0 Å². The molecule has 0 atom stereocenters. The molecule has 5 nitrogen and oxygen atoms in total. The molecule has 60 valence electrons. The van der Waals surface area contributed by atoms with Crippen LogP contribution in [-0.4, -0.2) is 25.1 Å². The van der Waals surface area contributed by atoms with E-state index in [0.29, 0.717) is 11.5 Å². The average Bonchev–Trinajstić information content (AvgIpc) is 2.54. The van der Waals surface area contributed by atoms with E-state index in [1.165, 1.54) is 6.33 Å². The number of aromatic nitrogens is 5. The van der Waals surface area contributed by atoms with Gasteiger partial charge in [0.15, 0.2) is 0 Å². The summed E-state index contributed by atoms with van der Waals surface area (Å²) in [6, 6.07) is 1.71. The first kappa shape index (κ1) is 7.17. The first-order valence-corrected chi connectivity index (χ1v) is 3.58. The summed E-state index contributed by atoms with van der Waals surface area (Å²) < 4.78 is 0. The molecule has 6 heteroatoms. The van der Waals surface area contributed by atoms with Crippen LogP contribution in [0.1, 0.15) is 0 Å². The number of nitrogens with one attached hydrogen (secondary N) is 1. The molecule has 0 aliphatic heterocycles. The van der Waals surface area contributed by atoms with E-state index in [4.69, 9.17) is 11.6 Å². The van der Waals surface area contributed by atoms with Crippen LogP contribution in [0.4, 0.5) is 0 Å². The second-order valence-electron chi connectivity index (χ2n) is 2.04. The number of rotatable bonds is 1. The summed E-state index contributed by atoms with van der Waals surface area (Å²) in [5, 5.41) is 6.59. The molecule has 0 saturated heterocycles. The standard InChI is InChI=1S/C6H4ClN5/c7-6-10-5(11-12-6)4-1-2-8-3-9-4/h1-3H,(H,10,11,12). The van der Waals surface area contributed by atoms with Gasteiger partial charge in [0.05, 0.1) is 0 Å². The molecule has 12 heavy (non-hydrogen) atoms. The molecule has 0 amide bonds. The minimum atomic E-state index is 0.253. The van der Waals surface area contributed by atoms with Crippen LogP contribution < -0.4 is 0 Å². The summed E-state index contributed by atoms with van der Waals surface area (Å²) in [4.78, 5) is 11.6. The highest BCUT2D eigenvalue weighted by atomic mass is 35.5. The Morgan fingerprint density at radius 1 is 1.42 bits per heavy atom. The molecule has 0 saturated carbocycles. The van der Waals surface area contributed by atoms with Gasteiger partial charge in [0.25, 0.3) is 0 Å². The summed E-state index contributed by atoms with van der Waals surface area (Å²) >= 11 is 5.54. The van der Waals surface area contributed by atoms with Gasteiger partial charge in [0, 0.05) is 6.20 Å². The average molecular weight is 182 g/mol. The molecule has 0 aromatic carbocycles. The Labute approximate surface area is 72.8 Å². The van der Waals surface area contributed by atoms with Gasteiger partial charge in [-0.25, -0.2) is 15.1 Å². The summed E-state index contributed by atoms with van der Waals surface area (Å²) in [6.45, 7) is 0. The van der Waals surface area contributed by atoms with Gasteiger partial charge in [-0.3, -0.25) is 0 Å². The molecule has 0 spiro atoms. The summed E-state index contributed by atoms with van der Waals surface area (Å²) in [5.74, 6) is 0.474. The van der Waals surface area contributed by atoms with Crippen LogP contribution in [0, 0.1) is 0 Å². The molecule has 2 rings (SSSR count). The number of H-pyrrole nitrogens is 1. The van der Waals surface area contributed by atoms with Gasteiger partial charge >= 0.3 is 0 Å². The molecule has 2 aromatic heterocycles. The van der Waals surface area contributed by atoms with Crippen molar-refractivity contribution in [2.75, 3.05) is 0 Å². The predicted molar refractivity (Wildman–Crippen MR) is 42.4 cm³/mol. The van der Waals surface area contributed by atoms with Gasteiger partial charge in [-0.2, -0.15) is 10.1 Å². The second-order valence-corrected chi connectivity index (χ2v) is 2.40. The van der Waals surface area contributed by atoms with Crippen molar-refractivity contribution >= 4 is 11.6 Å². The molecular formula is C6H4ClN5. The Bertz CT molecular complexity index is 370. The predicted octanol–water partition coefficient (Wildman–Crippen LogP) is 0.915. The molecular weight excluding hydrogens is 178 g/mol. The number of halogens is 1. The smallest absolute Gasteiger partial charge is 0.218 e. The largest absolute Gasteiger partial charge is 0.249 e. The van der Waals surface area contributed by atoms with Crippen LogP contribution >= 0.6 is 11.6 Å². The van der Waals surface area contributed by atoms with Gasteiger partial charge < -0.3 is 0 Å². The van der Waals surface area contributed by atoms with Crippen molar-refractivity contribution in [1.82, 2.24) is 25.1 Å². The zero-order valence-corrected chi connectivity index (χ0v) is 6.65. The van der Waals surface area contributed by atoms with Crippen molar-refractivity contribution in [3.63, 3.8) is 0 Å². The minimum absolute atomic E-state index is 0.253. The molecule has 0 fully saturated rings. The van der Waals surface area contributed by atoms with Gasteiger partial charge in [0.2, 0.25) is 11.1 Å². The number of hydrogen-bond acceptors (Lipinski definition) is 4. The maximum Gasteiger partial charge on any atom is 0.218 e. The van der Waals surface area contributed by atoms with E-state index < -0.39 is 0 Å². The van der Waals surface area contributed by atoms with Crippen molar-refractivity contribution in [1.29, 1.82) is 0 Å². The van der Waals surface area contributed by atoms with Crippen LogP contribution in [0.3, 0.4) is 0 Å².